The highest BCUT2D eigenvalue weighted by Crippen LogP contribution is 2.28. The van der Waals surface area contributed by atoms with Crippen LogP contribution in [0.2, 0.25) is 0 Å². The van der Waals surface area contributed by atoms with Crippen LogP contribution in [-0.4, -0.2) is 30.5 Å². The first-order chi connectivity index (χ1) is 9.91. The van der Waals surface area contributed by atoms with Gasteiger partial charge in [-0.3, -0.25) is 14.9 Å². The molecule has 7 heteroatoms. The summed E-state index contributed by atoms with van der Waals surface area (Å²) in [5, 5.41) is 17.3. The fourth-order valence-corrected chi connectivity index (χ4v) is 2.58. The van der Waals surface area contributed by atoms with Crippen LogP contribution in [0, 0.1) is 15.5 Å². The number of anilines is 1. The van der Waals surface area contributed by atoms with Crippen LogP contribution in [0.4, 0.5) is 11.4 Å². The van der Waals surface area contributed by atoms with Gasteiger partial charge in [0.15, 0.2) is 0 Å². The third-order valence-corrected chi connectivity index (χ3v) is 3.87. The highest BCUT2D eigenvalue weighted by Gasteiger charge is 2.27. The van der Waals surface area contributed by atoms with Gasteiger partial charge in [-0.15, -0.1) is 0 Å². The zero-order valence-electron chi connectivity index (χ0n) is 12.0. The Labute approximate surface area is 123 Å². The molecule has 0 radical (unpaired) electrons. The van der Waals surface area contributed by atoms with Gasteiger partial charge in [-0.2, -0.15) is 0 Å². The Morgan fingerprint density at radius 1 is 1.57 bits per heavy atom. The molecule has 1 unspecified atom stereocenters. The van der Waals surface area contributed by atoms with E-state index in [1.165, 1.54) is 18.2 Å². The van der Waals surface area contributed by atoms with Crippen LogP contribution < -0.4 is 16.4 Å². The fourth-order valence-electron chi connectivity index (χ4n) is 2.58. The van der Waals surface area contributed by atoms with Crippen molar-refractivity contribution in [1.29, 1.82) is 0 Å². The number of rotatable bonds is 5. The molecule has 0 aliphatic carbocycles. The molecule has 4 N–H and O–H groups in total. The van der Waals surface area contributed by atoms with E-state index in [1.807, 2.05) is 0 Å². The molecule has 114 valence electrons. The van der Waals surface area contributed by atoms with Gasteiger partial charge in [0.25, 0.3) is 11.6 Å². The van der Waals surface area contributed by atoms with Crippen molar-refractivity contribution < 1.29 is 9.72 Å². The highest BCUT2D eigenvalue weighted by atomic mass is 16.6. The van der Waals surface area contributed by atoms with Crippen molar-refractivity contribution in [3.05, 3.63) is 33.9 Å². The molecule has 1 aromatic rings. The van der Waals surface area contributed by atoms with Gasteiger partial charge in [-0.1, -0.05) is 6.92 Å². The van der Waals surface area contributed by atoms with Crippen molar-refractivity contribution in [2.24, 2.45) is 11.1 Å². The molecule has 2 rings (SSSR count). The van der Waals surface area contributed by atoms with Crippen molar-refractivity contribution in [3.8, 4) is 0 Å². The summed E-state index contributed by atoms with van der Waals surface area (Å²) in [6.07, 6.45) is 2.20. The predicted molar refractivity (Wildman–Crippen MR) is 80.3 cm³/mol. The van der Waals surface area contributed by atoms with E-state index in [-0.39, 0.29) is 16.7 Å². The maximum Gasteiger partial charge on any atom is 0.270 e. The summed E-state index contributed by atoms with van der Waals surface area (Å²) in [5.74, 6) is -0.673. The molecule has 1 aliphatic rings. The van der Waals surface area contributed by atoms with Crippen molar-refractivity contribution in [1.82, 2.24) is 5.32 Å². The number of nitro benzene ring substituents is 1. The van der Waals surface area contributed by atoms with Crippen LogP contribution in [0.25, 0.3) is 0 Å². The molecule has 1 aromatic carbocycles. The van der Waals surface area contributed by atoms with Crippen LogP contribution >= 0.6 is 0 Å². The minimum atomic E-state index is -0.673. The highest BCUT2D eigenvalue weighted by molar-refractivity contribution is 5.99. The van der Waals surface area contributed by atoms with Crippen LogP contribution in [-0.2, 0) is 0 Å². The minimum Gasteiger partial charge on any atom is -0.384 e. The van der Waals surface area contributed by atoms with Gasteiger partial charge >= 0.3 is 0 Å². The molecule has 0 spiro atoms. The van der Waals surface area contributed by atoms with Crippen molar-refractivity contribution in [2.75, 3.05) is 25.0 Å². The Morgan fingerprint density at radius 2 is 2.33 bits per heavy atom. The molecule has 1 aliphatic heterocycles. The molecule has 0 bridgehead atoms. The lowest BCUT2D eigenvalue weighted by Gasteiger charge is -2.34. The van der Waals surface area contributed by atoms with Gasteiger partial charge in [0.2, 0.25) is 0 Å². The van der Waals surface area contributed by atoms with E-state index in [4.69, 9.17) is 5.73 Å². The van der Waals surface area contributed by atoms with Gasteiger partial charge in [0.1, 0.15) is 0 Å². The Morgan fingerprint density at radius 3 is 2.90 bits per heavy atom. The summed E-state index contributed by atoms with van der Waals surface area (Å²) in [6, 6.07) is 4.13. The topological polar surface area (TPSA) is 110 Å². The molecule has 21 heavy (non-hydrogen) atoms. The lowest BCUT2D eigenvalue weighted by Crippen LogP contribution is -2.42. The largest absolute Gasteiger partial charge is 0.384 e. The SMILES string of the molecule is CC1(CNc2ccc([N+](=O)[O-])cc2C(N)=O)CCCNC1. The Kier molecular flexibility index (Phi) is 4.42. The van der Waals surface area contributed by atoms with E-state index in [0.717, 1.165) is 25.9 Å². The van der Waals surface area contributed by atoms with Gasteiger partial charge < -0.3 is 16.4 Å². The third-order valence-electron chi connectivity index (χ3n) is 3.87. The summed E-state index contributed by atoms with van der Waals surface area (Å²) in [4.78, 5) is 21.7. The second-order valence-electron chi connectivity index (χ2n) is 5.80. The second kappa shape index (κ2) is 6.09. The van der Waals surface area contributed by atoms with Crippen LogP contribution in [0.1, 0.15) is 30.1 Å². The number of primary amides is 1. The van der Waals surface area contributed by atoms with E-state index >= 15 is 0 Å². The number of nitro groups is 1. The lowest BCUT2D eigenvalue weighted by atomic mass is 9.82. The van der Waals surface area contributed by atoms with Gasteiger partial charge in [0, 0.05) is 30.9 Å². The number of nitrogens with zero attached hydrogens (tertiary/aromatic N) is 1. The van der Waals surface area contributed by atoms with E-state index < -0.39 is 10.8 Å². The first kappa shape index (κ1) is 15.2. The van der Waals surface area contributed by atoms with E-state index in [2.05, 4.69) is 17.6 Å². The van der Waals surface area contributed by atoms with Crippen LogP contribution in [0.3, 0.4) is 0 Å². The number of nitrogens with one attached hydrogen (secondary N) is 2. The van der Waals surface area contributed by atoms with Crippen LogP contribution in [0.5, 0.6) is 0 Å². The van der Waals surface area contributed by atoms with Gasteiger partial charge in [-0.25, -0.2) is 0 Å². The Hall–Kier alpha value is -2.15. The molecule has 7 nitrogen and oxygen atoms in total. The number of hydrogen-bond acceptors (Lipinski definition) is 5. The number of non-ortho nitro benzene ring substituents is 1. The van der Waals surface area contributed by atoms with E-state index in [9.17, 15) is 14.9 Å². The lowest BCUT2D eigenvalue weighted by molar-refractivity contribution is -0.384. The molecule has 1 atom stereocenters. The molecular formula is C14H20N4O3. The first-order valence-corrected chi connectivity index (χ1v) is 6.94. The molecule has 0 aromatic heterocycles. The van der Waals surface area contributed by atoms with Gasteiger partial charge in [0.05, 0.1) is 10.5 Å². The van der Waals surface area contributed by atoms with E-state index in [0.29, 0.717) is 12.2 Å². The summed E-state index contributed by atoms with van der Waals surface area (Å²) < 4.78 is 0. The molecular weight excluding hydrogens is 272 g/mol. The van der Waals surface area contributed by atoms with E-state index in [1.54, 1.807) is 0 Å². The van der Waals surface area contributed by atoms with Crippen LogP contribution in [0.15, 0.2) is 18.2 Å². The number of piperidine rings is 1. The number of nitrogens with two attached hydrogens (primary N) is 1. The third kappa shape index (κ3) is 3.69. The number of carbonyl (C=O) groups excluding carboxylic acids is 1. The molecule has 1 saturated heterocycles. The number of hydrogen-bond donors (Lipinski definition) is 3. The quantitative estimate of drug-likeness (QED) is 0.562. The molecule has 1 fully saturated rings. The molecule has 0 saturated carbocycles. The summed E-state index contributed by atoms with van der Waals surface area (Å²) >= 11 is 0. The predicted octanol–water partition coefficient (Wildman–Crippen LogP) is 1.50. The standard InChI is InChI=1S/C14H20N4O3/c1-14(5-2-6-16-8-14)9-17-12-4-3-10(18(20)21)7-11(12)13(15)19/h3-4,7,16-17H,2,5-6,8-9H2,1H3,(H2,15,19). The smallest absolute Gasteiger partial charge is 0.270 e. The van der Waals surface area contributed by atoms with Crippen molar-refractivity contribution >= 4 is 17.3 Å². The normalized spacial score (nSPS) is 21.8. The van der Waals surface area contributed by atoms with Crippen molar-refractivity contribution in [2.45, 2.75) is 19.8 Å². The Balaban J connectivity index is 2.15. The second-order valence-corrected chi connectivity index (χ2v) is 5.80. The molecule has 1 heterocycles. The minimum absolute atomic E-state index is 0.0922. The maximum atomic E-state index is 11.5. The Bertz CT molecular complexity index is 553. The number of carbonyl (C=O) groups is 1. The number of benzene rings is 1. The zero-order chi connectivity index (χ0) is 15.5. The monoisotopic (exact) mass is 292 g/mol. The average molecular weight is 292 g/mol. The zero-order valence-corrected chi connectivity index (χ0v) is 12.0. The van der Waals surface area contributed by atoms with Crippen molar-refractivity contribution in [3.63, 3.8) is 0 Å². The summed E-state index contributed by atoms with van der Waals surface area (Å²) in [7, 11) is 0. The maximum absolute atomic E-state index is 11.5. The summed E-state index contributed by atoms with van der Waals surface area (Å²) in [6.45, 7) is 4.78. The summed E-state index contributed by atoms with van der Waals surface area (Å²) in [5.41, 5.74) is 5.96. The number of amides is 1. The average Bonchev–Trinajstić information content (AvgIpc) is 2.45. The molecule has 1 amide bonds. The fraction of sp³-hybridized carbons (Fsp3) is 0.500. The first-order valence-electron chi connectivity index (χ1n) is 6.94. The van der Waals surface area contributed by atoms with Gasteiger partial charge in [-0.05, 0) is 30.9 Å².